The lowest BCUT2D eigenvalue weighted by molar-refractivity contribution is -0.0421. The molecule has 0 spiro atoms. The zero-order valence-electron chi connectivity index (χ0n) is 10.4. The first kappa shape index (κ1) is 13.3. The van der Waals surface area contributed by atoms with Crippen LogP contribution in [0.1, 0.15) is 39.0 Å². The molecule has 0 aliphatic heterocycles. The number of ether oxygens (including phenoxy) is 1. The molecule has 15 heavy (non-hydrogen) atoms. The Hall–Kier alpha value is 0.270. The summed E-state index contributed by atoms with van der Waals surface area (Å²) in [4.78, 5) is 2.44. The van der Waals surface area contributed by atoms with Crippen molar-refractivity contribution in [2.75, 3.05) is 25.8 Å². The molecule has 0 aromatic carbocycles. The summed E-state index contributed by atoms with van der Waals surface area (Å²) in [6.45, 7) is 3.20. The first-order chi connectivity index (χ1) is 7.27. The summed E-state index contributed by atoms with van der Waals surface area (Å²) in [5, 5.41) is 0. The Balaban J connectivity index is 1.95. The molecule has 0 N–H and O–H groups in total. The minimum absolute atomic E-state index is 0.552. The zero-order chi connectivity index (χ0) is 11.1. The van der Waals surface area contributed by atoms with Gasteiger partial charge in [-0.15, -0.1) is 11.8 Å². The smallest absolute Gasteiger partial charge is 0.0605 e. The van der Waals surface area contributed by atoms with E-state index in [4.69, 9.17) is 4.74 Å². The minimum atomic E-state index is 0.552. The number of rotatable bonds is 8. The van der Waals surface area contributed by atoms with Crippen molar-refractivity contribution >= 4 is 11.8 Å². The molecule has 3 heteroatoms. The second-order valence-electron chi connectivity index (χ2n) is 4.50. The normalized spacial score (nSPS) is 25.6. The Morgan fingerprint density at radius 2 is 2.07 bits per heavy atom. The predicted molar refractivity (Wildman–Crippen MR) is 68.4 cm³/mol. The van der Waals surface area contributed by atoms with Crippen molar-refractivity contribution in [1.29, 1.82) is 0 Å². The van der Waals surface area contributed by atoms with Crippen molar-refractivity contribution in [3.63, 3.8) is 0 Å². The maximum absolute atomic E-state index is 5.81. The molecule has 2 nitrogen and oxygen atoms in total. The van der Waals surface area contributed by atoms with Gasteiger partial charge in [0, 0.05) is 18.5 Å². The van der Waals surface area contributed by atoms with Gasteiger partial charge in [0.05, 0.1) is 6.10 Å². The highest BCUT2D eigenvalue weighted by molar-refractivity contribution is 7.98. The molecule has 0 atom stereocenters. The number of unbranched alkanes of at least 4 members (excludes halogenated alkanes) is 2. The van der Waals surface area contributed by atoms with Crippen LogP contribution in [0.15, 0.2) is 0 Å². The average molecular weight is 231 g/mol. The van der Waals surface area contributed by atoms with Crippen LogP contribution >= 0.6 is 11.8 Å². The van der Waals surface area contributed by atoms with E-state index in [0.29, 0.717) is 6.10 Å². The Bertz CT molecular complexity index is 160. The van der Waals surface area contributed by atoms with E-state index < -0.39 is 0 Å². The molecule has 0 aromatic rings. The van der Waals surface area contributed by atoms with Crippen LogP contribution in [-0.4, -0.2) is 42.8 Å². The Morgan fingerprint density at radius 3 is 2.67 bits per heavy atom. The molecule has 0 saturated heterocycles. The lowest BCUT2D eigenvalue weighted by Gasteiger charge is -2.40. The first-order valence-corrected chi connectivity index (χ1v) is 7.48. The third-order valence-corrected chi connectivity index (χ3v) is 3.79. The summed E-state index contributed by atoms with van der Waals surface area (Å²) in [7, 11) is 2.22. The summed E-state index contributed by atoms with van der Waals surface area (Å²) in [6, 6.07) is 0.772. The van der Waals surface area contributed by atoms with Crippen LogP contribution in [-0.2, 0) is 4.74 Å². The Labute approximate surface area is 98.7 Å². The van der Waals surface area contributed by atoms with Gasteiger partial charge in [-0.25, -0.2) is 0 Å². The third-order valence-electron chi connectivity index (χ3n) is 3.13. The lowest BCUT2D eigenvalue weighted by Crippen LogP contribution is -2.46. The van der Waals surface area contributed by atoms with Crippen LogP contribution in [0.25, 0.3) is 0 Å². The van der Waals surface area contributed by atoms with Gasteiger partial charge in [-0.1, -0.05) is 19.8 Å². The van der Waals surface area contributed by atoms with Crippen LogP contribution < -0.4 is 0 Å². The van der Waals surface area contributed by atoms with Crippen LogP contribution in [0.4, 0.5) is 0 Å². The molecule has 0 amide bonds. The largest absolute Gasteiger partial charge is 0.378 e. The number of hydrogen-bond acceptors (Lipinski definition) is 3. The van der Waals surface area contributed by atoms with Crippen molar-refractivity contribution in [1.82, 2.24) is 4.90 Å². The standard InChI is InChI=1S/C12H25NOS/c1-4-5-6-7-14-12-8-11(9-12)13(2)10-15-3/h11-12H,4-10H2,1-3H3. The summed E-state index contributed by atoms with van der Waals surface area (Å²) in [5.74, 6) is 1.15. The van der Waals surface area contributed by atoms with Gasteiger partial charge in [-0.3, -0.25) is 4.90 Å². The monoisotopic (exact) mass is 231 g/mol. The molecule has 0 unspecified atom stereocenters. The van der Waals surface area contributed by atoms with Gasteiger partial charge in [0.25, 0.3) is 0 Å². The molecule has 1 rings (SSSR count). The van der Waals surface area contributed by atoms with E-state index in [1.807, 2.05) is 11.8 Å². The maximum atomic E-state index is 5.81. The molecule has 1 fully saturated rings. The maximum Gasteiger partial charge on any atom is 0.0605 e. The highest BCUT2D eigenvalue weighted by Crippen LogP contribution is 2.28. The second-order valence-corrected chi connectivity index (χ2v) is 5.34. The summed E-state index contributed by atoms with van der Waals surface area (Å²) in [5.41, 5.74) is 0. The van der Waals surface area contributed by atoms with E-state index in [0.717, 1.165) is 18.5 Å². The molecule has 0 aromatic heterocycles. The molecule has 0 heterocycles. The second kappa shape index (κ2) is 7.53. The van der Waals surface area contributed by atoms with Crippen LogP contribution in [0.5, 0.6) is 0 Å². The minimum Gasteiger partial charge on any atom is -0.378 e. The first-order valence-electron chi connectivity index (χ1n) is 6.08. The highest BCUT2D eigenvalue weighted by atomic mass is 32.2. The van der Waals surface area contributed by atoms with E-state index in [2.05, 4.69) is 25.1 Å². The molecular weight excluding hydrogens is 206 g/mol. The van der Waals surface area contributed by atoms with E-state index in [9.17, 15) is 0 Å². The van der Waals surface area contributed by atoms with E-state index >= 15 is 0 Å². The van der Waals surface area contributed by atoms with Crippen LogP contribution in [0.2, 0.25) is 0 Å². The van der Waals surface area contributed by atoms with E-state index in [-0.39, 0.29) is 0 Å². The SMILES string of the molecule is CCCCCOC1CC(N(C)CSC)C1. The van der Waals surface area contributed by atoms with Crippen molar-refractivity contribution < 1.29 is 4.74 Å². The number of thioether (sulfide) groups is 1. The van der Waals surface area contributed by atoms with Crippen LogP contribution in [0, 0.1) is 0 Å². The molecule has 90 valence electrons. The fourth-order valence-electron chi connectivity index (χ4n) is 1.94. The lowest BCUT2D eigenvalue weighted by atomic mass is 9.88. The summed E-state index contributed by atoms with van der Waals surface area (Å²) < 4.78 is 5.81. The van der Waals surface area contributed by atoms with Gasteiger partial charge in [-0.05, 0) is 32.6 Å². The Kier molecular flexibility index (Phi) is 6.69. The summed E-state index contributed by atoms with van der Waals surface area (Å²) >= 11 is 1.90. The van der Waals surface area contributed by atoms with E-state index in [1.54, 1.807) is 0 Å². The van der Waals surface area contributed by atoms with Gasteiger partial charge in [0.1, 0.15) is 0 Å². The predicted octanol–water partition coefficient (Wildman–Crippen LogP) is 2.98. The topological polar surface area (TPSA) is 12.5 Å². The molecule has 1 aliphatic carbocycles. The number of hydrogen-bond donors (Lipinski definition) is 0. The van der Waals surface area contributed by atoms with Gasteiger partial charge < -0.3 is 4.74 Å². The van der Waals surface area contributed by atoms with Gasteiger partial charge in [0.15, 0.2) is 0 Å². The molecule has 1 saturated carbocycles. The third kappa shape index (κ3) is 4.75. The van der Waals surface area contributed by atoms with E-state index in [1.165, 1.54) is 32.1 Å². The van der Waals surface area contributed by atoms with Crippen molar-refractivity contribution in [2.45, 2.75) is 51.2 Å². The highest BCUT2D eigenvalue weighted by Gasteiger charge is 2.32. The molecule has 0 bridgehead atoms. The van der Waals surface area contributed by atoms with Gasteiger partial charge in [-0.2, -0.15) is 0 Å². The van der Waals surface area contributed by atoms with Crippen molar-refractivity contribution in [2.24, 2.45) is 0 Å². The fraction of sp³-hybridized carbons (Fsp3) is 1.00. The van der Waals surface area contributed by atoms with Crippen molar-refractivity contribution in [3.8, 4) is 0 Å². The average Bonchev–Trinajstić information content (AvgIpc) is 2.15. The zero-order valence-corrected chi connectivity index (χ0v) is 11.2. The number of nitrogens with zero attached hydrogens (tertiary/aromatic N) is 1. The quantitative estimate of drug-likeness (QED) is 0.471. The fourth-order valence-corrected chi connectivity index (χ4v) is 2.56. The molecule has 0 radical (unpaired) electrons. The van der Waals surface area contributed by atoms with Crippen molar-refractivity contribution in [3.05, 3.63) is 0 Å². The molecular formula is C12H25NOS. The van der Waals surface area contributed by atoms with Gasteiger partial charge in [0.2, 0.25) is 0 Å². The summed E-state index contributed by atoms with van der Waals surface area (Å²) in [6.07, 6.45) is 9.02. The molecule has 1 aliphatic rings. The van der Waals surface area contributed by atoms with Crippen LogP contribution in [0.3, 0.4) is 0 Å². The Morgan fingerprint density at radius 1 is 1.33 bits per heavy atom. The van der Waals surface area contributed by atoms with Gasteiger partial charge >= 0.3 is 0 Å².